The second-order valence-electron chi connectivity index (χ2n) is 4.25. The Bertz CT molecular complexity index is 749. The van der Waals surface area contributed by atoms with E-state index in [0.29, 0.717) is 22.8 Å². The Balaban J connectivity index is 1.64. The van der Waals surface area contributed by atoms with Crippen LogP contribution in [-0.2, 0) is 11.3 Å². The molecule has 0 unspecified atom stereocenters. The lowest BCUT2D eigenvalue weighted by Gasteiger charge is -2.02. The van der Waals surface area contributed by atoms with Crippen molar-refractivity contribution in [3.8, 4) is 11.5 Å². The van der Waals surface area contributed by atoms with Gasteiger partial charge in [-0.15, -0.1) is 0 Å². The molecule has 1 aromatic carbocycles. The third-order valence-corrected chi connectivity index (χ3v) is 3.23. The number of furan rings is 1. The van der Waals surface area contributed by atoms with Crippen LogP contribution in [0, 0.1) is 0 Å². The molecule has 0 saturated heterocycles. The second kappa shape index (κ2) is 5.97. The molecule has 0 fully saturated rings. The highest BCUT2D eigenvalue weighted by Crippen LogP contribution is 2.21. The van der Waals surface area contributed by atoms with Gasteiger partial charge in [-0.25, -0.2) is 4.79 Å². The fourth-order valence-electron chi connectivity index (χ4n) is 1.75. The number of carbonyl (C=O) groups is 1. The Kier molecular flexibility index (Phi) is 3.87. The minimum absolute atomic E-state index is 0.0373. The molecule has 5 nitrogen and oxygen atoms in total. The van der Waals surface area contributed by atoms with Crippen molar-refractivity contribution in [1.82, 2.24) is 5.16 Å². The molecule has 0 radical (unpaired) electrons. The Morgan fingerprint density at radius 1 is 1.19 bits per heavy atom. The summed E-state index contributed by atoms with van der Waals surface area (Å²) in [6.45, 7) is 0.0373. The van der Waals surface area contributed by atoms with Crippen LogP contribution in [0.1, 0.15) is 16.1 Å². The summed E-state index contributed by atoms with van der Waals surface area (Å²) >= 11 is 3.31. The van der Waals surface area contributed by atoms with E-state index < -0.39 is 5.97 Å². The predicted octanol–water partition coefficient (Wildman–Crippen LogP) is 4.05. The fraction of sp³-hybridized carbons (Fsp3) is 0.0667. The molecule has 0 aliphatic carbocycles. The van der Waals surface area contributed by atoms with Crippen molar-refractivity contribution in [3.05, 3.63) is 64.5 Å². The number of aromatic nitrogens is 1. The van der Waals surface area contributed by atoms with Crippen LogP contribution in [0.4, 0.5) is 0 Å². The van der Waals surface area contributed by atoms with Gasteiger partial charge in [0.2, 0.25) is 5.76 Å². The van der Waals surface area contributed by atoms with Crippen LogP contribution >= 0.6 is 15.9 Å². The molecular formula is C15H10BrNO4. The number of halogens is 1. The van der Waals surface area contributed by atoms with Crippen molar-refractivity contribution in [2.45, 2.75) is 6.61 Å². The largest absolute Gasteiger partial charge is 0.461 e. The molecule has 2 aromatic heterocycles. The van der Waals surface area contributed by atoms with Crippen LogP contribution in [0.2, 0.25) is 0 Å². The van der Waals surface area contributed by atoms with Gasteiger partial charge in [-0.3, -0.25) is 0 Å². The molecule has 21 heavy (non-hydrogen) atoms. The SMILES string of the molecule is O=C(OCc1cc(-c2ccco2)on1)c1cccc(Br)c1. The van der Waals surface area contributed by atoms with E-state index in [1.54, 1.807) is 42.7 Å². The van der Waals surface area contributed by atoms with Gasteiger partial charge in [-0.05, 0) is 30.3 Å². The van der Waals surface area contributed by atoms with Gasteiger partial charge in [0, 0.05) is 10.5 Å². The van der Waals surface area contributed by atoms with Gasteiger partial charge < -0.3 is 13.7 Å². The topological polar surface area (TPSA) is 65.5 Å². The third kappa shape index (κ3) is 3.22. The van der Waals surface area contributed by atoms with E-state index in [2.05, 4.69) is 21.1 Å². The van der Waals surface area contributed by atoms with Crippen LogP contribution in [-0.4, -0.2) is 11.1 Å². The summed E-state index contributed by atoms with van der Waals surface area (Å²) in [4.78, 5) is 11.9. The van der Waals surface area contributed by atoms with Crippen LogP contribution < -0.4 is 0 Å². The van der Waals surface area contributed by atoms with Crippen molar-refractivity contribution in [1.29, 1.82) is 0 Å². The number of rotatable bonds is 4. The molecule has 0 amide bonds. The van der Waals surface area contributed by atoms with E-state index in [-0.39, 0.29) is 6.61 Å². The van der Waals surface area contributed by atoms with E-state index in [9.17, 15) is 4.79 Å². The zero-order valence-electron chi connectivity index (χ0n) is 10.8. The molecule has 2 heterocycles. The lowest BCUT2D eigenvalue weighted by molar-refractivity contribution is 0.0464. The van der Waals surface area contributed by atoms with Crippen molar-refractivity contribution in [2.75, 3.05) is 0 Å². The molecular weight excluding hydrogens is 338 g/mol. The van der Waals surface area contributed by atoms with Crippen molar-refractivity contribution in [2.24, 2.45) is 0 Å². The van der Waals surface area contributed by atoms with Gasteiger partial charge in [-0.2, -0.15) is 0 Å². The highest BCUT2D eigenvalue weighted by molar-refractivity contribution is 9.10. The average molecular weight is 348 g/mol. The van der Waals surface area contributed by atoms with Gasteiger partial charge >= 0.3 is 5.97 Å². The summed E-state index contributed by atoms with van der Waals surface area (Å²) in [6.07, 6.45) is 1.55. The molecule has 0 N–H and O–H groups in total. The maximum absolute atomic E-state index is 11.9. The Hall–Kier alpha value is -2.34. The normalized spacial score (nSPS) is 10.5. The van der Waals surface area contributed by atoms with Crippen LogP contribution in [0.25, 0.3) is 11.5 Å². The van der Waals surface area contributed by atoms with Crippen LogP contribution in [0.3, 0.4) is 0 Å². The van der Waals surface area contributed by atoms with Crippen molar-refractivity contribution in [3.63, 3.8) is 0 Å². The summed E-state index contributed by atoms with van der Waals surface area (Å²) in [5.41, 5.74) is 0.990. The lowest BCUT2D eigenvalue weighted by atomic mass is 10.2. The maximum Gasteiger partial charge on any atom is 0.338 e. The van der Waals surface area contributed by atoms with Gasteiger partial charge in [0.15, 0.2) is 5.76 Å². The monoisotopic (exact) mass is 347 g/mol. The number of carbonyl (C=O) groups excluding carboxylic acids is 1. The number of nitrogens with zero attached hydrogens (tertiary/aromatic N) is 1. The maximum atomic E-state index is 11.9. The first-order chi connectivity index (χ1) is 10.2. The number of hydrogen-bond acceptors (Lipinski definition) is 5. The molecule has 3 aromatic rings. The standard InChI is InChI=1S/C15H10BrNO4/c16-11-4-1-3-10(7-11)15(18)20-9-12-8-14(21-17-12)13-5-2-6-19-13/h1-8H,9H2. The molecule has 0 atom stereocenters. The Labute approximate surface area is 128 Å². The van der Waals surface area contributed by atoms with E-state index in [1.165, 1.54) is 0 Å². The summed E-state index contributed by atoms with van der Waals surface area (Å²) in [6, 6.07) is 12.2. The highest BCUT2D eigenvalue weighted by atomic mass is 79.9. The van der Waals surface area contributed by atoms with Gasteiger partial charge in [0.25, 0.3) is 0 Å². The molecule has 0 bridgehead atoms. The second-order valence-corrected chi connectivity index (χ2v) is 5.16. The Morgan fingerprint density at radius 3 is 2.86 bits per heavy atom. The zero-order valence-corrected chi connectivity index (χ0v) is 12.4. The van der Waals surface area contributed by atoms with Crippen molar-refractivity contribution >= 4 is 21.9 Å². The smallest absolute Gasteiger partial charge is 0.338 e. The molecule has 0 aliphatic rings. The fourth-order valence-corrected chi connectivity index (χ4v) is 2.15. The van der Waals surface area contributed by atoms with Crippen LogP contribution in [0.15, 0.2) is 62.1 Å². The molecule has 3 rings (SSSR count). The molecule has 6 heteroatoms. The minimum Gasteiger partial charge on any atom is -0.461 e. The lowest BCUT2D eigenvalue weighted by Crippen LogP contribution is -2.05. The van der Waals surface area contributed by atoms with Gasteiger partial charge in [0.1, 0.15) is 12.3 Å². The zero-order chi connectivity index (χ0) is 14.7. The van der Waals surface area contributed by atoms with E-state index in [0.717, 1.165) is 4.47 Å². The van der Waals surface area contributed by atoms with E-state index in [1.807, 2.05) is 6.07 Å². The number of benzene rings is 1. The van der Waals surface area contributed by atoms with Gasteiger partial charge in [-0.1, -0.05) is 27.2 Å². The minimum atomic E-state index is -0.418. The Morgan fingerprint density at radius 2 is 2.10 bits per heavy atom. The molecule has 0 aliphatic heterocycles. The molecule has 106 valence electrons. The van der Waals surface area contributed by atoms with Crippen molar-refractivity contribution < 1.29 is 18.5 Å². The molecule has 0 saturated carbocycles. The van der Waals surface area contributed by atoms with Crippen LogP contribution in [0.5, 0.6) is 0 Å². The average Bonchev–Trinajstić information content (AvgIpc) is 3.15. The predicted molar refractivity (Wildman–Crippen MR) is 77.5 cm³/mol. The third-order valence-electron chi connectivity index (χ3n) is 2.73. The number of hydrogen-bond donors (Lipinski definition) is 0. The first kappa shape index (κ1) is 13.6. The number of esters is 1. The number of ether oxygens (including phenoxy) is 1. The van der Waals surface area contributed by atoms with Gasteiger partial charge in [0.05, 0.1) is 11.8 Å². The summed E-state index contributed by atoms with van der Waals surface area (Å²) in [5, 5.41) is 3.83. The van der Waals surface area contributed by atoms with E-state index in [4.69, 9.17) is 13.7 Å². The first-order valence-electron chi connectivity index (χ1n) is 6.14. The quantitative estimate of drug-likeness (QED) is 0.666. The first-order valence-corrected chi connectivity index (χ1v) is 6.94. The summed E-state index contributed by atoms with van der Waals surface area (Å²) in [7, 11) is 0. The highest BCUT2D eigenvalue weighted by Gasteiger charge is 2.12. The summed E-state index contributed by atoms with van der Waals surface area (Å²) in [5.74, 6) is 0.652. The summed E-state index contributed by atoms with van der Waals surface area (Å²) < 4.78 is 16.3. The molecule has 0 spiro atoms. The van der Waals surface area contributed by atoms with E-state index >= 15 is 0 Å².